The van der Waals surface area contributed by atoms with Crippen LogP contribution in [0.25, 0.3) is 0 Å². The van der Waals surface area contributed by atoms with Gasteiger partial charge in [-0.05, 0) is 39.8 Å². The number of aliphatic carboxylic acids is 1. The number of rotatable bonds is 2. The fourth-order valence-corrected chi connectivity index (χ4v) is 1.84. The van der Waals surface area contributed by atoms with Gasteiger partial charge in [0.15, 0.2) is 0 Å². The maximum absolute atomic E-state index is 10.6. The van der Waals surface area contributed by atoms with Crippen molar-refractivity contribution in [2.45, 2.75) is 31.7 Å². The molecule has 1 aliphatic carbocycles. The van der Waals surface area contributed by atoms with E-state index in [1.807, 2.05) is 0 Å². The molecule has 0 atom stereocenters. The third-order valence-electron chi connectivity index (χ3n) is 2.78. The summed E-state index contributed by atoms with van der Waals surface area (Å²) in [6, 6.07) is 0.598. The molecule has 0 spiro atoms. The van der Waals surface area contributed by atoms with E-state index < -0.39 is 5.97 Å². The van der Waals surface area contributed by atoms with Gasteiger partial charge < -0.3 is 10.0 Å². The van der Waals surface area contributed by atoms with E-state index >= 15 is 0 Å². The van der Waals surface area contributed by atoms with Crippen LogP contribution in [0.1, 0.15) is 25.7 Å². The molecule has 0 aliphatic heterocycles. The molecule has 1 rings (SSSR count). The second kappa shape index (κ2) is 3.90. The van der Waals surface area contributed by atoms with Crippen LogP contribution in [0.5, 0.6) is 0 Å². The van der Waals surface area contributed by atoms with Crippen LogP contribution in [0, 0.1) is 5.92 Å². The molecule has 70 valence electrons. The lowest BCUT2D eigenvalue weighted by molar-refractivity contribution is -0.143. The first-order valence-corrected chi connectivity index (χ1v) is 4.50. The van der Waals surface area contributed by atoms with Crippen LogP contribution in [-0.2, 0) is 4.79 Å². The van der Waals surface area contributed by atoms with Crippen LogP contribution in [-0.4, -0.2) is 36.1 Å². The summed E-state index contributed by atoms with van der Waals surface area (Å²) in [6.45, 7) is 0. The van der Waals surface area contributed by atoms with Crippen molar-refractivity contribution in [1.82, 2.24) is 4.90 Å². The second-order valence-corrected chi connectivity index (χ2v) is 3.81. The van der Waals surface area contributed by atoms with Gasteiger partial charge in [0.05, 0.1) is 5.92 Å². The summed E-state index contributed by atoms with van der Waals surface area (Å²) in [4.78, 5) is 12.8. The van der Waals surface area contributed by atoms with Crippen molar-refractivity contribution >= 4 is 5.97 Å². The van der Waals surface area contributed by atoms with E-state index in [2.05, 4.69) is 19.0 Å². The lowest BCUT2D eigenvalue weighted by atomic mass is 9.86. The average Bonchev–Trinajstić information content (AvgIpc) is 2.04. The summed E-state index contributed by atoms with van der Waals surface area (Å²) in [7, 11) is 4.12. The molecule has 1 aliphatic rings. The minimum Gasteiger partial charge on any atom is -0.481 e. The zero-order chi connectivity index (χ0) is 9.14. The number of carboxylic acid groups (broad SMARTS) is 1. The molecule has 0 aromatic heterocycles. The fourth-order valence-electron chi connectivity index (χ4n) is 1.84. The normalized spacial score (nSPS) is 30.6. The van der Waals surface area contributed by atoms with E-state index in [0.717, 1.165) is 25.7 Å². The second-order valence-electron chi connectivity index (χ2n) is 3.81. The average molecular weight is 171 g/mol. The van der Waals surface area contributed by atoms with Crippen molar-refractivity contribution in [3.63, 3.8) is 0 Å². The fraction of sp³-hybridized carbons (Fsp3) is 0.889. The number of carbonyl (C=O) groups is 1. The first kappa shape index (κ1) is 9.52. The van der Waals surface area contributed by atoms with Gasteiger partial charge in [-0.3, -0.25) is 4.79 Å². The van der Waals surface area contributed by atoms with Crippen molar-refractivity contribution in [3.05, 3.63) is 0 Å². The first-order chi connectivity index (χ1) is 5.61. The van der Waals surface area contributed by atoms with Gasteiger partial charge in [0.25, 0.3) is 0 Å². The Morgan fingerprint density at radius 2 is 1.75 bits per heavy atom. The third kappa shape index (κ3) is 2.21. The third-order valence-corrected chi connectivity index (χ3v) is 2.78. The lowest BCUT2D eigenvalue weighted by Crippen LogP contribution is -2.33. The minimum atomic E-state index is -0.618. The molecule has 0 heterocycles. The van der Waals surface area contributed by atoms with Crippen molar-refractivity contribution in [2.75, 3.05) is 14.1 Å². The summed E-state index contributed by atoms with van der Waals surface area (Å²) in [5.74, 6) is -0.701. The topological polar surface area (TPSA) is 40.5 Å². The van der Waals surface area contributed by atoms with Gasteiger partial charge >= 0.3 is 5.97 Å². The van der Waals surface area contributed by atoms with E-state index in [4.69, 9.17) is 5.11 Å². The van der Waals surface area contributed by atoms with Gasteiger partial charge in [-0.15, -0.1) is 0 Å². The maximum Gasteiger partial charge on any atom is 0.306 e. The molecule has 0 bridgehead atoms. The Morgan fingerprint density at radius 3 is 2.08 bits per heavy atom. The molecular formula is C9H17NO2. The molecular weight excluding hydrogens is 154 g/mol. The Bertz CT molecular complexity index is 160. The molecule has 1 saturated carbocycles. The monoisotopic (exact) mass is 171 g/mol. The van der Waals surface area contributed by atoms with E-state index in [0.29, 0.717) is 6.04 Å². The molecule has 0 aromatic rings. The van der Waals surface area contributed by atoms with Crippen molar-refractivity contribution in [1.29, 1.82) is 0 Å². The Labute approximate surface area is 73.4 Å². The molecule has 0 aromatic carbocycles. The molecule has 0 radical (unpaired) electrons. The van der Waals surface area contributed by atoms with Crippen molar-refractivity contribution < 1.29 is 9.90 Å². The Kier molecular flexibility index (Phi) is 3.09. The SMILES string of the molecule is CN(C)[C@H]1CC[C@@H](C(=O)O)CC1. The minimum absolute atomic E-state index is 0.0822. The maximum atomic E-state index is 10.6. The van der Waals surface area contributed by atoms with E-state index in [1.165, 1.54) is 0 Å². The summed E-state index contributed by atoms with van der Waals surface area (Å²) in [6.07, 6.45) is 3.75. The highest BCUT2D eigenvalue weighted by atomic mass is 16.4. The molecule has 1 fully saturated rings. The van der Waals surface area contributed by atoms with Gasteiger partial charge in [-0.1, -0.05) is 0 Å². The number of hydrogen-bond acceptors (Lipinski definition) is 2. The largest absolute Gasteiger partial charge is 0.481 e. The molecule has 0 amide bonds. The highest BCUT2D eigenvalue weighted by Crippen LogP contribution is 2.26. The van der Waals surface area contributed by atoms with E-state index in [1.54, 1.807) is 0 Å². The quantitative estimate of drug-likeness (QED) is 0.678. The molecule has 3 nitrogen and oxygen atoms in total. The van der Waals surface area contributed by atoms with E-state index in [-0.39, 0.29) is 5.92 Å². The molecule has 12 heavy (non-hydrogen) atoms. The van der Waals surface area contributed by atoms with Crippen LogP contribution >= 0.6 is 0 Å². The lowest BCUT2D eigenvalue weighted by Gasteiger charge is -2.30. The first-order valence-electron chi connectivity index (χ1n) is 4.50. The Balaban J connectivity index is 2.34. The number of carboxylic acids is 1. The van der Waals surface area contributed by atoms with Crippen LogP contribution in [0.3, 0.4) is 0 Å². The predicted molar refractivity (Wildman–Crippen MR) is 47.1 cm³/mol. The zero-order valence-corrected chi connectivity index (χ0v) is 7.79. The van der Waals surface area contributed by atoms with Crippen LogP contribution in [0.2, 0.25) is 0 Å². The van der Waals surface area contributed by atoms with Gasteiger partial charge in [0.1, 0.15) is 0 Å². The number of nitrogens with zero attached hydrogens (tertiary/aromatic N) is 1. The molecule has 1 N–H and O–H groups in total. The number of hydrogen-bond donors (Lipinski definition) is 1. The standard InChI is InChI=1S/C9H17NO2/c1-10(2)8-5-3-7(4-6-8)9(11)12/h7-8H,3-6H2,1-2H3,(H,11,12)/t7-,8+. The smallest absolute Gasteiger partial charge is 0.306 e. The molecule has 0 unspecified atom stereocenters. The van der Waals surface area contributed by atoms with Crippen molar-refractivity contribution in [2.24, 2.45) is 5.92 Å². The highest BCUT2D eigenvalue weighted by Gasteiger charge is 2.26. The summed E-state index contributed by atoms with van der Waals surface area (Å²) in [5.41, 5.74) is 0. The van der Waals surface area contributed by atoms with Gasteiger partial charge in [0.2, 0.25) is 0 Å². The van der Waals surface area contributed by atoms with Gasteiger partial charge in [0, 0.05) is 6.04 Å². The summed E-state index contributed by atoms with van der Waals surface area (Å²) in [5, 5.41) is 8.75. The highest BCUT2D eigenvalue weighted by molar-refractivity contribution is 5.70. The summed E-state index contributed by atoms with van der Waals surface area (Å²) >= 11 is 0. The Morgan fingerprint density at radius 1 is 1.25 bits per heavy atom. The predicted octanol–water partition coefficient (Wildman–Crippen LogP) is 1.19. The van der Waals surface area contributed by atoms with Crippen LogP contribution in [0.4, 0.5) is 0 Å². The van der Waals surface area contributed by atoms with E-state index in [9.17, 15) is 4.79 Å². The van der Waals surface area contributed by atoms with Gasteiger partial charge in [-0.25, -0.2) is 0 Å². The molecule has 3 heteroatoms. The van der Waals surface area contributed by atoms with Crippen molar-refractivity contribution in [3.8, 4) is 0 Å². The van der Waals surface area contributed by atoms with Crippen LogP contribution in [0.15, 0.2) is 0 Å². The Hall–Kier alpha value is -0.570. The molecule has 0 saturated heterocycles. The van der Waals surface area contributed by atoms with Crippen LogP contribution < -0.4 is 0 Å². The van der Waals surface area contributed by atoms with Gasteiger partial charge in [-0.2, -0.15) is 0 Å². The zero-order valence-electron chi connectivity index (χ0n) is 7.79. The summed E-state index contributed by atoms with van der Waals surface area (Å²) < 4.78 is 0.